The maximum atomic E-state index is 9.82. The lowest BCUT2D eigenvalue weighted by molar-refractivity contribution is 0.660. The minimum Gasteiger partial charge on any atom is -0.310 e. The molecular formula is C62H45N5. The van der Waals surface area contributed by atoms with Crippen molar-refractivity contribution in [2.45, 2.75) is 38.5 Å². The van der Waals surface area contributed by atoms with Crippen LogP contribution in [0.3, 0.4) is 0 Å². The number of hydrogen-bond acceptors (Lipinski definition) is 4. The third-order valence-electron chi connectivity index (χ3n) is 14.4. The fraction of sp³-hybridized carbons (Fsp3) is 0.0968. The summed E-state index contributed by atoms with van der Waals surface area (Å²) in [6.45, 7) is 9.28. The second-order valence-electron chi connectivity index (χ2n) is 18.9. The van der Waals surface area contributed by atoms with Gasteiger partial charge in [-0.1, -0.05) is 107 Å². The lowest BCUT2D eigenvalue weighted by Gasteiger charge is -2.28. The summed E-state index contributed by atoms with van der Waals surface area (Å²) >= 11 is 0. The second kappa shape index (κ2) is 15.0. The van der Waals surface area contributed by atoms with Crippen LogP contribution in [0.2, 0.25) is 0 Å². The van der Waals surface area contributed by atoms with E-state index < -0.39 is 0 Å². The van der Waals surface area contributed by atoms with Crippen LogP contribution in [0, 0.1) is 22.7 Å². The molecule has 2 aliphatic rings. The highest BCUT2D eigenvalue weighted by molar-refractivity contribution is 6.12. The van der Waals surface area contributed by atoms with Crippen molar-refractivity contribution < 1.29 is 0 Å². The number of hydrogen-bond donors (Lipinski definition) is 0. The predicted octanol–water partition coefficient (Wildman–Crippen LogP) is 16.1. The number of para-hydroxylation sites is 1. The molecule has 0 fully saturated rings. The summed E-state index contributed by atoms with van der Waals surface area (Å²) in [7, 11) is 0. The number of nitriles is 2. The van der Waals surface area contributed by atoms with E-state index in [4.69, 9.17) is 0 Å². The first-order chi connectivity index (χ1) is 32.6. The highest BCUT2D eigenvalue weighted by atomic mass is 15.2. The topological polar surface area (TPSA) is 59.0 Å². The monoisotopic (exact) mass is 859 g/mol. The van der Waals surface area contributed by atoms with Crippen molar-refractivity contribution in [1.29, 1.82) is 10.5 Å². The summed E-state index contributed by atoms with van der Waals surface area (Å²) in [5.41, 5.74) is 20.5. The van der Waals surface area contributed by atoms with E-state index in [1.54, 1.807) is 0 Å². The van der Waals surface area contributed by atoms with E-state index in [0.717, 1.165) is 61.6 Å². The van der Waals surface area contributed by atoms with Crippen LogP contribution in [-0.4, -0.2) is 4.57 Å². The normalized spacial score (nSPS) is 13.6. The van der Waals surface area contributed by atoms with E-state index in [0.29, 0.717) is 11.1 Å². The fourth-order valence-corrected chi connectivity index (χ4v) is 11.1. The molecule has 67 heavy (non-hydrogen) atoms. The largest absolute Gasteiger partial charge is 0.310 e. The number of fused-ring (bicyclic) bond motifs is 9. The maximum Gasteiger partial charge on any atom is 0.0991 e. The van der Waals surface area contributed by atoms with Gasteiger partial charge in [0.15, 0.2) is 0 Å². The van der Waals surface area contributed by atoms with Crippen LogP contribution in [0.25, 0.3) is 49.7 Å². The lowest BCUT2D eigenvalue weighted by Crippen LogP contribution is -2.16. The third-order valence-corrected chi connectivity index (χ3v) is 14.4. The summed E-state index contributed by atoms with van der Waals surface area (Å²) in [4.78, 5) is 4.64. The van der Waals surface area contributed by atoms with Gasteiger partial charge in [-0.15, -0.1) is 0 Å². The van der Waals surface area contributed by atoms with Gasteiger partial charge in [-0.05, 0) is 166 Å². The zero-order chi connectivity index (χ0) is 45.6. The Balaban J connectivity index is 1.07. The van der Waals surface area contributed by atoms with E-state index in [2.05, 4.69) is 206 Å². The van der Waals surface area contributed by atoms with E-state index in [1.165, 1.54) is 44.5 Å². The highest BCUT2D eigenvalue weighted by Gasteiger charge is 2.37. The van der Waals surface area contributed by atoms with Crippen LogP contribution in [0.4, 0.5) is 34.1 Å². The Morgan fingerprint density at radius 1 is 0.358 bits per heavy atom. The van der Waals surface area contributed by atoms with E-state index in [9.17, 15) is 10.5 Å². The Kier molecular flexibility index (Phi) is 8.91. The van der Waals surface area contributed by atoms with Crippen LogP contribution >= 0.6 is 0 Å². The molecule has 0 N–H and O–H groups in total. The van der Waals surface area contributed by atoms with Crippen molar-refractivity contribution in [3.8, 4) is 40.1 Å². The molecule has 0 bridgehead atoms. The maximum absolute atomic E-state index is 9.82. The van der Waals surface area contributed by atoms with Gasteiger partial charge in [0.2, 0.25) is 0 Å². The molecule has 0 unspecified atom stereocenters. The van der Waals surface area contributed by atoms with Crippen molar-refractivity contribution in [3.05, 3.63) is 234 Å². The smallest absolute Gasteiger partial charge is 0.0991 e. The summed E-state index contributed by atoms with van der Waals surface area (Å²) in [5, 5.41) is 21.8. The van der Waals surface area contributed by atoms with Crippen LogP contribution in [-0.2, 0) is 10.8 Å². The molecule has 0 amide bonds. The van der Waals surface area contributed by atoms with Crippen LogP contribution in [0.15, 0.2) is 200 Å². The van der Waals surface area contributed by atoms with Crippen LogP contribution < -0.4 is 9.80 Å². The molecule has 10 aromatic rings. The number of anilines is 6. The minimum absolute atomic E-state index is 0.179. The molecule has 1 heterocycles. The molecule has 5 heteroatoms. The van der Waals surface area contributed by atoms with Gasteiger partial charge in [0, 0.05) is 61.4 Å². The minimum atomic E-state index is -0.179. The molecule has 5 nitrogen and oxygen atoms in total. The number of nitrogens with zero attached hydrogens (tertiary/aromatic N) is 5. The Morgan fingerprint density at radius 3 is 1.15 bits per heavy atom. The van der Waals surface area contributed by atoms with Crippen LogP contribution in [0.5, 0.6) is 0 Å². The summed E-state index contributed by atoms with van der Waals surface area (Å²) in [6, 6.07) is 75.8. The molecule has 0 saturated heterocycles. The fourth-order valence-electron chi connectivity index (χ4n) is 11.1. The summed E-state index contributed by atoms with van der Waals surface area (Å²) < 4.78 is 2.36. The quantitative estimate of drug-likeness (QED) is 0.160. The Hall–Kier alpha value is -8.64. The van der Waals surface area contributed by atoms with Crippen molar-refractivity contribution in [2.24, 2.45) is 0 Å². The van der Waals surface area contributed by atoms with E-state index in [-0.39, 0.29) is 10.8 Å². The Morgan fingerprint density at radius 2 is 0.716 bits per heavy atom. The van der Waals surface area contributed by atoms with Gasteiger partial charge in [0.25, 0.3) is 0 Å². The van der Waals surface area contributed by atoms with E-state index >= 15 is 0 Å². The molecule has 12 rings (SSSR count). The van der Waals surface area contributed by atoms with Gasteiger partial charge in [-0.3, -0.25) is 0 Å². The molecule has 0 radical (unpaired) electrons. The average molecular weight is 860 g/mol. The molecule has 9 aromatic carbocycles. The molecule has 0 atom stereocenters. The summed E-state index contributed by atoms with van der Waals surface area (Å²) in [5.74, 6) is 0. The molecule has 2 aliphatic carbocycles. The van der Waals surface area contributed by atoms with Crippen molar-refractivity contribution in [1.82, 2.24) is 4.57 Å². The Labute approximate surface area is 391 Å². The van der Waals surface area contributed by atoms with Gasteiger partial charge in [-0.2, -0.15) is 10.5 Å². The lowest BCUT2D eigenvalue weighted by atomic mass is 9.82. The molecular weight excluding hydrogens is 815 g/mol. The third kappa shape index (κ3) is 6.13. The Bertz CT molecular complexity index is 3490. The first-order valence-electron chi connectivity index (χ1n) is 22.9. The predicted molar refractivity (Wildman–Crippen MR) is 275 cm³/mol. The van der Waals surface area contributed by atoms with Crippen molar-refractivity contribution in [2.75, 3.05) is 9.80 Å². The molecule has 0 saturated carbocycles. The number of rotatable bonds is 7. The zero-order valence-corrected chi connectivity index (χ0v) is 37.8. The standard InChI is InChI=1S/C62H45N5/c1-61(2)55-16-10-8-14-49(55)51-30-26-47(36-57(51)61)65(43-22-18-40(38-63)19-23-43)45-28-32-59-53(34-45)54-35-46(29-33-60(54)67(59)42-12-6-5-7-13-42)66(44-24-20-41(39-64)21-25-44)48-27-31-52-50-15-9-11-17-56(50)62(3,4)58(52)37-48/h5-37H,1-4H3. The first kappa shape index (κ1) is 39.9. The first-order valence-corrected chi connectivity index (χ1v) is 22.9. The molecule has 318 valence electrons. The SMILES string of the molecule is CC1(C)c2ccccc2-c2ccc(N(c3ccc(C#N)cc3)c3ccc4c(c3)c3cc(N(c5ccc(C#N)cc5)c5ccc6c(c5)C(C)(C)c5ccccc5-6)ccc3n4-c3ccccc3)cc21. The molecule has 0 aliphatic heterocycles. The zero-order valence-electron chi connectivity index (χ0n) is 37.8. The van der Waals surface area contributed by atoms with Gasteiger partial charge in [0.1, 0.15) is 0 Å². The van der Waals surface area contributed by atoms with Crippen molar-refractivity contribution in [3.63, 3.8) is 0 Å². The van der Waals surface area contributed by atoms with Gasteiger partial charge >= 0.3 is 0 Å². The number of aromatic nitrogens is 1. The average Bonchev–Trinajstić information content (AvgIpc) is 3.91. The molecule has 0 spiro atoms. The molecule has 1 aromatic heterocycles. The van der Waals surface area contributed by atoms with Crippen molar-refractivity contribution >= 4 is 55.9 Å². The highest BCUT2D eigenvalue weighted by Crippen LogP contribution is 2.53. The number of benzene rings is 9. The van der Waals surface area contributed by atoms with Gasteiger partial charge in [0.05, 0.1) is 34.3 Å². The van der Waals surface area contributed by atoms with Crippen LogP contribution in [0.1, 0.15) is 61.1 Å². The van der Waals surface area contributed by atoms with Gasteiger partial charge in [-0.25, -0.2) is 0 Å². The van der Waals surface area contributed by atoms with Gasteiger partial charge < -0.3 is 14.4 Å². The van der Waals surface area contributed by atoms with E-state index in [1.807, 2.05) is 48.5 Å². The summed E-state index contributed by atoms with van der Waals surface area (Å²) in [6.07, 6.45) is 0. The second-order valence-corrected chi connectivity index (χ2v) is 18.9.